The van der Waals surface area contributed by atoms with Crippen LogP contribution in [0.5, 0.6) is 0 Å². The third-order valence-electron chi connectivity index (χ3n) is 7.80. The molecule has 0 unspecified atom stereocenters. The highest BCUT2D eigenvalue weighted by molar-refractivity contribution is 7.15. The number of hydrogen-bond acceptors (Lipinski definition) is 6. The van der Waals surface area contributed by atoms with Gasteiger partial charge in [0.25, 0.3) is 0 Å². The second-order valence-corrected chi connectivity index (χ2v) is 13.8. The van der Waals surface area contributed by atoms with E-state index in [0.29, 0.717) is 11.6 Å². The van der Waals surface area contributed by atoms with Crippen LogP contribution in [0.15, 0.2) is 24.3 Å². The molecule has 0 aliphatic rings. The number of aromatic nitrogens is 4. The molecule has 0 aliphatic carbocycles. The van der Waals surface area contributed by atoms with E-state index in [1.165, 1.54) is 138 Å². The van der Waals surface area contributed by atoms with Crippen molar-refractivity contribution in [3.05, 3.63) is 34.0 Å². The molecule has 40 heavy (non-hydrogen) atoms. The van der Waals surface area contributed by atoms with Gasteiger partial charge in [0.05, 0.1) is 9.75 Å². The maximum Gasteiger partial charge on any atom is 0.213 e. The summed E-state index contributed by atoms with van der Waals surface area (Å²) >= 11 is 3.58. The van der Waals surface area contributed by atoms with Crippen molar-refractivity contribution >= 4 is 22.7 Å². The van der Waals surface area contributed by atoms with Gasteiger partial charge in [-0.15, -0.1) is 43.1 Å². The largest absolute Gasteiger partial charge is 0.213 e. The minimum Gasteiger partial charge on any atom is -0.137 e. The summed E-state index contributed by atoms with van der Waals surface area (Å²) in [5.74, 6) is 1.29. The van der Waals surface area contributed by atoms with Gasteiger partial charge in [-0.25, -0.2) is 0 Å². The molecule has 0 saturated carbocycles. The van der Waals surface area contributed by atoms with E-state index in [1.54, 1.807) is 22.7 Å². The first-order valence-electron chi connectivity index (χ1n) is 16.6. The number of thiophene rings is 2. The van der Waals surface area contributed by atoms with E-state index >= 15 is 0 Å². The van der Waals surface area contributed by atoms with Crippen molar-refractivity contribution in [3.63, 3.8) is 0 Å². The van der Waals surface area contributed by atoms with Gasteiger partial charge >= 0.3 is 0 Å². The normalized spacial score (nSPS) is 11.4. The molecule has 0 aliphatic heterocycles. The third kappa shape index (κ3) is 13.3. The molecule has 0 radical (unpaired) electrons. The van der Waals surface area contributed by atoms with Gasteiger partial charge in [0.1, 0.15) is 0 Å². The second-order valence-electron chi connectivity index (χ2n) is 11.4. The van der Waals surface area contributed by atoms with Crippen LogP contribution in [0.1, 0.15) is 152 Å². The van der Waals surface area contributed by atoms with E-state index in [-0.39, 0.29) is 0 Å². The van der Waals surface area contributed by atoms with E-state index in [0.717, 1.165) is 22.6 Å². The molecular formula is C34H54N4S2. The number of hydrogen-bond donors (Lipinski definition) is 0. The molecule has 3 aromatic rings. The molecule has 3 rings (SSSR count). The van der Waals surface area contributed by atoms with Gasteiger partial charge in [0.2, 0.25) is 11.6 Å². The molecule has 0 atom stereocenters. The highest BCUT2D eigenvalue weighted by atomic mass is 32.1. The Morgan fingerprint density at radius 2 is 0.700 bits per heavy atom. The summed E-state index contributed by atoms with van der Waals surface area (Å²) in [6.45, 7) is 4.57. The zero-order valence-electron chi connectivity index (χ0n) is 25.5. The SMILES string of the molecule is CCCCCCCCCCCCc1ccc(-c2nnc(-c3ccc(CCCCCCCCCCCC)s3)nn2)s1. The second kappa shape index (κ2) is 21.1. The molecule has 222 valence electrons. The minimum atomic E-state index is 0.644. The fourth-order valence-electron chi connectivity index (χ4n) is 5.26. The molecular weight excluding hydrogens is 529 g/mol. The lowest BCUT2D eigenvalue weighted by atomic mass is 10.1. The zero-order valence-corrected chi connectivity index (χ0v) is 27.1. The molecule has 0 bridgehead atoms. The topological polar surface area (TPSA) is 51.6 Å². The van der Waals surface area contributed by atoms with Crippen LogP contribution >= 0.6 is 22.7 Å². The van der Waals surface area contributed by atoms with Crippen LogP contribution in [-0.4, -0.2) is 20.4 Å². The lowest BCUT2D eigenvalue weighted by Gasteiger charge is -2.02. The van der Waals surface area contributed by atoms with Crippen LogP contribution in [0.25, 0.3) is 21.4 Å². The molecule has 0 fully saturated rings. The van der Waals surface area contributed by atoms with Crippen LogP contribution in [0.4, 0.5) is 0 Å². The average molecular weight is 583 g/mol. The van der Waals surface area contributed by atoms with Crippen molar-refractivity contribution < 1.29 is 0 Å². The molecule has 0 spiro atoms. The van der Waals surface area contributed by atoms with Crippen molar-refractivity contribution in [1.29, 1.82) is 0 Å². The fraction of sp³-hybridized carbons (Fsp3) is 0.706. The number of aryl methyl sites for hydroxylation is 2. The molecule has 0 aromatic carbocycles. The van der Waals surface area contributed by atoms with Crippen molar-refractivity contribution in [1.82, 2.24) is 20.4 Å². The molecule has 3 heterocycles. The smallest absolute Gasteiger partial charge is 0.137 e. The van der Waals surface area contributed by atoms with Gasteiger partial charge in [-0.05, 0) is 49.9 Å². The monoisotopic (exact) mass is 582 g/mol. The van der Waals surface area contributed by atoms with Gasteiger partial charge in [-0.1, -0.05) is 129 Å². The maximum atomic E-state index is 4.43. The van der Waals surface area contributed by atoms with Crippen LogP contribution in [0, 0.1) is 0 Å². The van der Waals surface area contributed by atoms with E-state index in [1.807, 2.05) is 0 Å². The lowest BCUT2D eigenvalue weighted by molar-refractivity contribution is 0.557. The summed E-state index contributed by atoms with van der Waals surface area (Å²) in [4.78, 5) is 4.97. The van der Waals surface area contributed by atoms with E-state index in [9.17, 15) is 0 Å². The van der Waals surface area contributed by atoms with Gasteiger partial charge in [-0.2, -0.15) is 0 Å². The number of unbranched alkanes of at least 4 members (excludes halogenated alkanes) is 18. The Bertz CT molecular complexity index is 930. The quantitative estimate of drug-likeness (QED) is 0.0986. The Labute approximate surface area is 252 Å². The van der Waals surface area contributed by atoms with Crippen molar-refractivity contribution in [2.45, 2.75) is 155 Å². The summed E-state index contributed by atoms with van der Waals surface area (Å²) in [5, 5.41) is 17.7. The molecule has 6 heteroatoms. The Morgan fingerprint density at radius 3 is 1.02 bits per heavy atom. The predicted molar refractivity (Wildman–Crippen MR) is 175 cm³/mol. The maximum absolute atomic E-state index is 4.43. The zero-order chi connectivity index (χ0) is 28.1. The first kappa shape index (κ1) is 32.8. The molecule has 4 nitrogen and oxygen atoms in total. The minimum absolute atomic E-state index is 0.644. The summed E-state index contributed by atoms with van der Waals surface area (Å²) in [7, 11) is 0. The van der Waals surface area contributed by atoms with Gasteiger partial charge in [0.15, 0.2) is 0 Å². The van der Waals surface area contributed by atoms with Crippen LogP contribution in [0.3, 0.4) is 0 Å². The summed E-state index contributed by atoms with van der Waals surface area (Å²) in [5.41, 5.74) is 0. The molecule has 0 saturated heterocycles. The van der Waals surface area contributed by atoms with Crippen LogP contribution in [0.2, 0.25) is 0 Å². The van der Waals surface area contributed by atoms with Crippen LogP contribution < -0.4 is 0 Å². The standard InChI is InChI=1S/C34H54N4S2/c1-3-5-7-9-11-13-15-17-19-21-23-29-25-27-31(39-29)33-35-37-34(38-36-33)32-28-26-30(40-32)24-22-20-18-16-14-12-10-8-6-4-2/h25-28H,3-24H2,1-2H3. The van der Waals surface area contributed by atoms with Crippen LogP contribution in [-0.2, 0) is 12.8 Å². The Morgan fingerprint density at radius 1 is 0.400 bits per heavy atom. The predicted octanol–water partition coefficient (Wildman–Crippen LogP) is 11.7. The first-order chi connectivity index (χ1) is 19.8. The van der Waals surface area contributed by atoms with E-state index in [4.69, 9.17) is 0 Å². The first-order valence-corrected chi connectivity index (χ1v) is 18.2. The molecule has 0 N–H and O–H groups in total. The number of rotatable bonds is 24. The Balaban J connectivity index is 1.29. The summed E-state index contributed by atoms with van der Waals surface area (Å²) in [6, 6.07) is 8.71. The Kier molecular flexibility index (Phi) is 17.3. The van der Waals surface area contributed by atoms with Crippen molar-refractivity contribution in [3.8, 4) is 21.4 Å². The van der Waals surface area contributed by atoms with Gasteiger partial charge < -0.3 is 0 Å². The highest BCUT2D eigenvalue weighted by Crippen LogP contribution is 2.29. The van der Waals surface area contributed by atoms with Gasteiger partial charge in [0, 0.05) is 9.75 Å². The van der Waals surface area contributed by atoms with E-state index in [2.05, 4.69) is 58.5 Å². The fourth-order valence-corrected chi connectivity index (χ4v) is 7.21. The van der Waals surface area contributed by atoms with Crippen molar-refractivity contribution in [2.24, 2.45) is 0 Å². The average Bonchev–Trinajstić information content (AvgIpc) is 3.65. The summed E-state index contributed by atoms with van der Waals surface area (Å²) < 4.78 is 0. The number of nitrogens with zero attached hydrogens (tertiary/aromatic N) is 4. The van der Waals surface area contributed by atoms with Gasteiger partial charge in [-0.3, -0.25) is 0 Å². The lowest BCUT2D eigenvalue weighted by Crippen LogP contribution is -1.97. The third-order valence-corrected chi connectivity index (χ3v) is 10.1. The Hall–Kier alpha value is -1.66. The highest BCUT2D eigenvalue weighted by Gasteiger charge is 2.11. The molecule has 0 amide bonds. The van der Waals surface area contributed by atoms with Crippen molar-refractivity contribution in [2.75, 3.05) is 0 Å². The summed E-state index contributed by atoms with van der Waals surface area (Å²) in [6.07, 6.45) is 29.8. The van der Waals surface area contributed by atoms with E-state index < -0.39 is 0 Å². The molecule has 3 aromatic heterocycles.